The molecule has 0 aliphatic heterocycles. The van der Waals surface area contributed by atoms with Crippen LogP contribution in [-0.4, -0.2) is 32.3 Å². The van der Waals surface area contributed by atoms with Gasteiger partial charge in [0.1, 0.15) is 0 Å². The van der Waals surface area contributed by atoms with Crippen molar-refractivity contribution in [1.29, 1.82) is 0 Å². The molecule has 0 aliphatic rings. The van der Waals surface area contributed by atoms with Crippen molar-refractivity contribution in [3.05, 3.63) is 0 Å². The zero-order chi connectivity index (χ0) is 19.2. The highest BCUT2D eigenvalue weighted by Gasteiger charge is 2.22. The minimum Gasteiger partial charge on any atom is -0.381 e. The van der Waals surface area contributed by atoms with E-state index in [1.165, 1.54) is 12.8 Å². The molecule has 2 amide bonds. The molecule has 0 bridgehead atoms. The molecular weight excluding hydrogens is 312 g/mol. The molecule has 0 saturated carbocycles. The number of carbonyl (C=O) groups excluding carboxylic acids is 1. The monoisotopic (exact) mass is 356 g/mol. The zero-order valence-corrected chi connectivity index (χ0v) is 17.8. The third-order valence-electron chi connectivity index (χ3n) is 4.68. The van der Waals surface area contributed by atoms with Crippen LogP contribution in [0.1, 0.15) is 92.9 Å². The van der Waals surface area contributed by atoms with Crippen molar-refractivity contribution in [2.75, 3.05) is 26.3 Å². The molecule has 25 heavy (non-hydrogen) atoms. The molecule has 0 heterocycles. The summed E-state index contributed by atoms with van der Waals surface area (Å²) < 4.78 is 5.67. The summed E-state index contributed by atoms with van der Waals surface area (Å²) in [4.78, 5) is 11.8. The van der Waals surface area contributed by atoms with Gasteiger partial charge in [-0.3, -0.25) is 0 Å². The third-order valence-corrected chi connectivity index (χ3v) is 4.68. The van der Waals surface area contributed by atoms with Crippen LogP contribution in [0.3, 0.4) is 0 Å². The maximum atomic E-state index is 11.8. The summed E-state index contributed by atoms with van der Waals surface area (Å²) >= 11 is 0. The smallest absolute Gasteiger partial charge is 0.314 e. The SMILES string of the molecule is CCCOCCC(C)(CCC)CCCNC(=O)NCCCC(C)(C)C. The molecule has 0 aromatic heterocycles. The summed E-state index contributed by atoms with van der Waals surface area (Å²) in [6.07, 6.45) is 8.94. The number of nitrogens with one attached hydrogen (secondary N) is 2. The fraction of sp³-hybridized carbons (Fsp3) is 0.952. The van der Waals surface area contributed by atoms with Gasteiger partial charge in [-0.25, -0.2) is 4.79 Å². The summed E-state index contributed by atoms with van der Waals surface area (Å²) in [6.45, 7) is 16.7. The van der Waals surface area contributed by atoms with Crippen molar-refractivity contribution in [1.82, 2.24) is 10.6 Å². The molecule has 0 aliphatic carbocycles. The number of amides is 2. The molecule has 1 unspecified atom stereocenters. The first-order valence-corrected chi connectivity index (χ1v) is 10.3. The van der Waals surface area contributed by atoms with Gasteiger partial charge in [-0.05, 0) is 55.8 Å². The van der Waals surface area contributed by atoms with E-state index < -0.39 is 0 Å². The lowest BCUT2D eigenvalue weighted by Gasteiger charge is -2.29. The first-order valence-electron chi connectivity index (χ1n) is 10.3. The standard InChI is InChI=1S/C21H44N2O2/c1-7-11-21(6,14-18-25-17-8-2)13-10-16-23-19(24)22-15-9-12-20(3,4)5/h7-18H2,1-6H3,(H2,22,23,24). The second-order valence-corrected chi connectivity index (χ2v) is 8.87. The molecule has 2 N–H and O–H groups in total. The zero-order valence-electron chi connectivity index (χ0n) is 17.8. The summed E-state index contributed by atoms with van der Waals surface area (Å²) in [5, 5.41) is 5.95. The van der Waals surface area contributed by atoms with E-state index in [0.717, 1.165) is 64.8 Å². The highest BCUT2D eigenvalue weighted by Crippen LogP contribution is 2.32. The van der Waals surface area contributed by atoms with E-state index in [1.54, 1.807) is 0 Å². The second kappa shape index (κ2) is 13.4. The molecule has 4 nitrogen and oxygen atoms in total. The average molecular weight is 357 g/mol. The lowest BCUT2D eigenvalue weighted by atomic mass is 9.78. The minimum atomic E-state index is -0.0302. The van der Waals surface area contributed by atoms with E-state index in [9.17, 15) is 4.79 Å². The number of rotatable bonds is 14. The molecule has 0 aromatic carbocycles. The van der Waals surface area contributed by atoms with Crippen molar-refractivity contribution >= 4 is 6.03 Å². The van der Waals surface area contributed by atoms with Crippen LogP contribution in [-0.2, 0) is 4.74 Å². The molecule has 0 saturated heterocycles. The number of carbonyl (C=O) groups is 1. The maximum Gasteiger partial charge on any atom is 0.314 e. The second-order valence-electron chi connectivity index (χ2n) is 8.87. The van der Waals surface area contributed by atoms with E-state index >= 15 is 0 Å². The Morgan fingerprint density at radius 3 is 1.92 bits per heavy atom. The lowest BCUT2D eigenvalue weighted by molar-refractivity contribution is 0.0910. The first kappa shape index (κ1) is 24.2. The van der Waals surface area contributed by atoms with Crippen LogP contribution in [0.4, 0.5) is 4.79 Å². The Kier molecular flexibility index (Phi) is 13.0. The van der Waals surface area contributed by atoms with Gasteiger partial charge in [-0.2, -0.15) is 0 Å². The summed E-state index contributed by atoms with van der Waals surface area (Å²) in [5.41, 5.74) is 0.663. The fourth-order valence-electron chi connectivity index (χ4n) is 3.14. The van der Waals surface area contributed by atoms with Crippen molar-refractivity contribution in [2.45, 2.75) is 92.9 Å². The lowest BCUT2D eigenvalue weighted by Crippen LogP contribution is -2.37. The highest BCUT2D eigenvalue weighted by atomic mass is 16.5. The fourth-order valence-corrected chi connectivity index (χ4v) is 3.14. The molecule has 150 valence electrons. The van der Waals surface area contributed by atoms with Gasteiger partial charge in [0.25, 0.3) is 0 Å². The molecule has 0 aromatic rings. The topological polar surface area (TPSA) is 50.4 Å². The van der Waals surface area contributed by atoms with E-state index in [0.29, 0.717) is 10.8 Å². The van der Waals surface area contributed by atoms with Crippen LogP contribution in [0.2, 0.25) is 0 Å². The Balaban J connectivity index is 3.86. The molecule has 0 spiro atoms. The molecular formula is C21H44N2O2. The van der Waals surface area contributed by atoms with Crippen LogP contribution < -0.4 is 10.6 Å². The minimum absolute atomic E-state index is 0.0302. The third kappa shape index (κ3) is 15.2. The Morgan fingerprint density at radius 2 is 1.40 bits per heavy atom. The van der Waals surface area contributed by atoms with Gasteiger partial charge >= 0.3 is 6.03 Å². The Bertz CT molecular complexity index is 339. The van der Waals surface area contributed by atoms with Crippen LogP contribution in [0.15, 0.2) is 0 Å². The number of hydrogen-bond acceptors (Lipinski definition) is 2. The predicted molar refractivity (Wildman–Crippen MR) is 108 cm³/mol. The Labute approximate surface area is 156 Å². The summed E-state index contributed by atoms with van der Waals surface area (Å²) in [5.74, 6) is 0. The highest BCUT2D eigenvalue weighted by molar-refractivity contribution is 5.73. The van der Waals surface area contributed by atoms with Crippen molar-refractivity contribution in [2.24, 2.45) is 10.8 Å². The quantitative estimate of drug-likeness (QED) is 0.403. The first-order chi connectivity index (χ1) is 11.7. The van der Waals surface area contributed by atoms with Crippen LogP contribution in [0.5, 0.6) is 0 Å². The van der Waals surface area contributed by atoms with Gasteiger partial charge in [-0.15, -0.1) is 0 Å². The van der Waals surface area contributed by atoms with Crippen LogP contribution in [0, 0.1) is 10.8 Å². The van der Waals surface area contributed by atoms with Crippen molar-refractivity contribution in [3.63, 3.8) is 0 Å². The molecule has 0 fully saturated rings. The van der Waals surface area contributed by atoms with E-state index in [1.807, 2.05) is 0 Å². The van der Waals surface area contributed by atoms with Gasteiger partial charge < -0.3 is 15.4 Å². The normalized spacial score (nSPS) is 14.2. The maximum absolute atomic E-state index is 11.8. The number of hydrogen-bond donors (Lipinski definition) is 2. The van der Waals surface area contributed by atoms with Crippen molar-refractivity contribution < 1.29 is 9.53 Å². The van der Waals surface area contributed by atoms with Gasteiger partial charge in [-0.1, -0.05) is 48.0 Å². The largest absolute Gasteiger partial charge is 0.381 e. The average Bonchev–Trinajstić information content (AvgIpc) is 2.52. The molecule has 4 heteroatoms. The Hall–Kier alpha value is -0.770. The van der Waals surface area contributed by atoms with Gasteiger partial charge in [0.15, 0.2) is 0 Å². The molecule has 0 rings (SSSR count). The van der Waals surface area contributed by atoms with Gasteiger partial charge in [0.05, 0.1) is 0 Å². The predicted octanol–water partition coefficient (Wildman–Crippen LogP) is 5.52. The van der Waals surface area contributed by atoms with Crippen LogP contribution in [0.25, 0.3) is 0 Å². The van der Waals surface area contributed by atoms with E-state index in [-0.39, 0.29) is 6.03 Å². The Morgan fingerprint density at radius 1 is 0.800 bits per heavy atom. The number of ether oxygens (including phenoxy) is 1. The van der Waals surface area contributed by atoms with Gasteiger partial charge in [0, 0.05) is 26.3 Å². The summed E-state index contributed by atoms with van der Waals surface area (Å²) in [7, 11) is 0. The molecule has 1 atom stereocenters. The van der Waals surface area contributed by atoms with Crippen LogP contribution >= 0.6 is 0 Å². The van der Waals surface area contributed by atoms with E-state index in [4.69, 9.17) is 4.74 Å². The number of urea groups is 1. The summed E-state index contributed by atoms with van der Waals surface area (Å²) in [6, 6.07) is -0.0302. The van der Waals surface area contributed by atoms with E-state index in [2.05, 4.69) is 52.2 Å². The van der Waals surface area contributed by atoms with Gasteiger partial charge in [0.2, 0.25) is 0 Å². The molecule has 0 radical (unpaired) electrons. The van der Waals surface area contributed by atoms with Crippen molar-refractivity contribution in [3.8, 4) is 0 Å².